The van der Waals surface area contributed by atoms with E-state index < -0.39 is 5.60 Å². The number of hydrogen-bond donors (Lipinski definition) is 1. The van der Waals surface area contributed by atoms with Crippen molar-refractivity contribution in [1.82, 2.24) is 4.90 Å². The van der Waals surface area contributed by atoms with Gasteiger partial charge in [-0.15, -0.1) is 0 Å². The molecule has 1 amide bonds. The third-order valence-electron chi connectivity index (χ3n) is 3.00. The fraction of sp³-hybridized carbons (Fsp3) is 0.923. The minimum absolute atomic E-state index is 0.211. The fourth-order valence-electron chi connectivity index (χ4n) is 2.13. The third kappa shape index (κ3) is 4.54. The van der Waals surface area contributed by atoms with E-state index in [1.807, 2.05) is 20.8 Å². The molecule has 1 heterocycles. The molecule has 1 N–H and O–H groups in total. The Morgan fingerprint density at radius 3 is 2.71 bits per heavy atom. The van der Waals surface area contributed by atoms with Crippen molar-refractivity contribution in [3.05, 3.63) is 0 Å². The van der Waals surface area contributed by atoms with E-state index in [1.54, 1.807) is 4.90 Å². The van der Waals surface area contributed by atoms with Crippen LogP contribution in [0.1, 0.15) is 47.0 Å². The van der Waals surface area contributed by atoms with Gasteiger partial charge in [0.15, 0.2) is 0 Å². The van der Waals surface area contributed by atoms with Crippen molar-refractivity contribution in [3.63, 3.8) is 0 Å². The second-order valence-electron chi connectivity index (χ2n) is 5.83. The first-order valence-electron chi connectivity index (χ1n) is 6.49. The lowest BCUT2D eigenvalue weighted by atomic mass is 9.98. The largest absolute Gasteiger partial charge is 0.444 e. The van der Waals surface area contributed by atoms with Crippen molar-refractivity contribution >= 4 is 6.09 Å². The Kier molecular flexibility index (Phi) is 4.80. The highest BCUT2D eigenvalue weighted by molar-refractivity contribution is 5.68. The fourth-order valence-corrected chi connectivity index (χ4v) is 2.13. The summed E-state index contributed by atoms with van der Waals surface area (Å²) in [7, 11) is 0. The zero-order chi connectivity index (χ0) is 13.1. The van der Waals surface area contributed by atoms with Gasteiger partial charge in [-0.25, -0.2) is 4.79 Å². The maximum absolute atomic E-state index is 11.8. The van der Waals surface area contributed by atoms with Gasteiger partial charge in [-0.05, 0) is 33.6 Å². The molecular formula is C13H25NO3. The van der Waals surface area contributed by atoms with Gasteiger partial charge < -0.3 is 14.7 Å². The van der Waals surface area contributed by atoms with Crippen LogP contribution in [-0.2, 0) is 4.74 Å². The summed E-state index contributed by atoms with van der Waals surface area (Å²) in [6.07, 6.45) is 2.12. The highest BCUT2D eigenvalue weighted by Gasteiger charge is 2.32. The number of amides is 1. The highest BCUT2D eigenvalue weighted by atomic mass is 16.6. The quantitative estimate of drug-likeness (QED) is 0.828. The van der Waals surface area contributed by atoms with E-state index in [0.29, 0.717) is 13.1 Å². The van der Waals surface area contributed by atoms with Crippen LogP contribution in [-0.4, -0.2) is 40.9 Å². The van der Waals surface area contributed by atoms with Crippen molar-refractivity contribution in [2.45, 2.75) is 58.7 Å². The van der Waals surface area contributed by atoms with E-state index in [0.717, 1.165) is 19.3 Å². The lowest BCUT2D eigenvalue weighted by Gasteiger charge is -2.25. The number of ether oxygens (including phenoxy) is 1. The molecule has 2 atom stereocenters. The summed E-state index contributed by atoms with van der Waals surface area (Å²) in [5.41, 5.74) is -0.447. The van der Waals surface area contributed by atoms with Gasteiger partial charge >= 0.3 is 6.09 Å². The summed E-state index contributed by atoms with van der Waals surface area (Å²) in [5.74, 6) is 0.211. The minimum Gasteiger partial charge on any atom is -0.444 e. The van der Waals surface area contributed by atoms with Gasteiger partial charge in [-0.1, -0.05) is 13.3 Å². The number of likely N-dealkylation sites (tertiary alicyclic amines) is 1. The van der Waals surface area contributed by atoms with Crippen LogP contribution in [0.2, 0.25) is 0 Å². The number of aliphatic hydroxyl groups excluding tert-OH is 1. The van der Waals surface area contributed by atoms with E-state index >= 15 is 0 Å². The first kappa shape index (κ1) is 14.3. The van der Waals surface area contributed by atoms with E-state index in [4.69, 9.17) is 4.74 Å². The van der Waals surface area contributed by atoms with E-state index in [-0.39, 0.29) is 18.1 Å². The molecule has 100 valence electrons. The molecule has 0 aromatic rings. The first-order valence-corrected chi connectivity index (χ1v) is 6.49. The van der Waals surface area contributed by atoms with Gasteiger partial charge in [0, 0.05) is 19.0 Å². The van der Waals surface area contributed by atoms with Crippen LogP contribution in [0.15, 0.2) is 0 Å². The van der Waals surface area contributed by atoms with Crippen LogP contribution in [0.3, 0.4) is 0 Å². The second-order valence-corrected chi connectivity index (χ2v) is 5.83. The summed E-state index contributed by atoms with van der Waals surface area (Å²) < 4.78 is 5.32. The number of carbonyl (C=O) groups is 1. The van der Waals surface area contributed by atoms with E-state index in [9.17, 15) is 9.90 Å². The van der Waals surface area contributed by atoms with Crippen LogP contribution < -0.4 is 0 Å². The van der Waals surface area contributed by atoms with Crippen molar-refractivity contribution in [2.75, 3.05) is 13.1 Å². The minimum atomic E-state index is -0.447. The van der Waals surface area contributed by atoms with Gasteiger partial charge in [0.25, 0.3) is 0 Å². The predicted octanol–water partition coefficient (Wildman–Crippen LogP) is 2.40. The first-order chi connectivity index (χ1) is 7.83. The Bertz CT molecular complexity index is 260. The van der Waals surface area contributed by atoms with Crippen LogP contribution in [0.5, 0.6) is 0 Å². The van der Waals surface area contributed by atoms with Crippen LogP contribution in [0.25, 0.3) is 0 Å². The molecular weight excluding hydrogens is 218 g/mol. The standard InChI is InChI=1S/C13H25NO3/c1-5-6-11(15)10-7-8-14(9-10)12(16)17-13(2,3)4/h10-11,15H,5-9H2,1-4H3/t10?,11-/m0/s1. The molecule has 0 aliphatic carbocycles. The average molecular weight is 243 g/mol. The Labute approximate surface area is 104 Å². The number of nitrogens with zero attached hydrogens (tertiary/aromatic N) is 1. The molecule has 0 aromatic carbocycles. The van der Waals surface area contributed by atoms with Crippen molar-refractivity contribution in [1.29, 1.82) is 0 Å². The summed E-state index contributed by atoms with van der Waals surface area (Å²) in [4.78, 5) is 13.5. The molecule has 1 saturated heterocycles. The summed E-state index contributed by atoms with van der Waals surface area (Å²) in [5, 5.41) is 9.90. The highest BCUT2D eigenvalue weighted by Crippen LogP contribution is 2.23. The topological polar surface area (TPSA) is 49.8 Å². The predicted molar refractivity (Wildman–Crippen MR) is 66.8 cm³/mol. The summed E-state index contributed by atoms with van der Waals surface area (Å²) in [6, 6.07) is 0. The Morgan fingerprint density at radius 2 is 2.18 bits per heavy atom. The van der Waals surface area contributed by atoms with Crippen LogP contribution >= 0.6 is 0 Å². The molecule has 1 fully saturated rings. The Hall–Kier alpha value is -0.770. The molecule has 0 radical (unpaired) electrons. The number of rotatable bonds is 3. The average Bonchev–Trinajstić information content (AvgIpc) is 2.63. The normalized spacial score (nSPS) is 22.6. The second kappa shape index (κ2) is 5.71. The molecule has 17 heavy (non-hydrogen) atoms. The molecule has 0 bridgehead atoms. The zero-order valence-electron chi connectivity index (χ0n) is 11.4. The Balaban J connectivity index is 2.42. The lowest BCUT2D eigenvalue weighted by molar-refractivity contribution is 0.0266. The molecule has 1 aliphatic heterocycles. The molecule has 0 aromatic heterocycles. The lowest BCUT2D eigenvalue weighted by Crippen LogP contribution is -2.36. The number of aliphatic hydroxyl groups is 1. The molecule has 4 heteroatoms. The van der Waals surface area contributed by atoms with E-state index in [1.165, 1.54) is 0 Å². The number of carbonyl (C=O) groups excluding carboxylic acids is 1. The van der Waals surface area contributed by atoms with Gasteiger partial charge in [-0.3, -0.25) is 0 Å². The van der Waals surface area contributed by atoms with Gasteiger partial charge in [0.2, 0.25) is 0 Å². The SMILES string of the molecule is CCC[C@H](O)C1CCN(C(=O)OC(C)(C)C)C1. The van der Waals surface area contributed by atoms with Gasteiger partial charge in [-0.2, -0.15) is 0 Å². The monoisotopic (exact) mass is 243 g/mol. The molecule has 1 rings (SSSR count). The summed E-state index contributed by atoms with van der Waals surface area (Å²) in [6.45, 7) is 8.97. The van der Waals surface area contributed by atoms with Crippen molar-refractivity contribution in [2.24, 2.45) is 5.92 Å². The third-order valence-corrected chi connectivity index (χ3v) is 3.00. The summed E-state index contributed by atoms with van der Waals surface area (Å²) >= 11 is 0. The molecule has 0 spiro atoms. The van der Waals surface area contributed by atoms with Gasteiger partial charge in [0.1, 0.15) is 5.60 Å². The molecule has 0 saturated carbocycles. The maximum atomic E-state index is 11.8. The van der Waals surface area contributed by atoms with Crippen LogP contribution in [0, 0.1) is 5.92 Å². The molecule has 1 unspecified atom stereocenters. The smallest absolute Gasteiger partial charge is 0.410 e. The van der Waals surface area contributed by atoms with Crippen molar-refractivity contribution in [3.8, 4) is 0 Å². The zero-order valence-corrected chi connectivity index (χ0v) is 11.4. The Morgan fingerprint density at radius 1 is 1.53 bits per heavy atom. The molecule has 4 nitrogen and oxygen atoms in total. The van der Waals surface area contributed by atoms with Crippen molar-refractivity contribution < 1.29 is 14.6 Å². The maximum Gasteiger partial charge on any atom is 0.410 e. The van der Waals surface area contributed by atoms with Crippen LogP contribution in [0.4, 0.5) is 4.79 Å². The van der Waals surface area contributed by atoms with E-state index in [2.05, 4.69) is 6.92 Å². The number of hydrogen-bond acceptors (Lipinski definition) is 3. The molecule has 1 aliphatic rings. The van der Waals surface area contributed by atoms with Gasteiger partial charge in [0.05, 0.1) is 6.10 Å².